The largest absolute Gasteiger partial charge is 0.349 e. The van der Waals surface area contributed by atoms with Crippen LogP contribution in [0.25, 0.3) is 11.0 Å². The zero-order chi connectivity index (χ0) is 23.8. The van der Waals surface area contributed by atoms with Crippen LogP contribution < -0.4 is 10.0 Å². The Balaban J connectivity index is 1.33. The minimum absolute atomic E-state index is 0.0518. The highest BCUT2D eigenvalue weighted by atomic mass is 32.2. The Labute approximate surface area is 193 Å². The summed E-state index contributed by atoms with van der Waals surface area (Å²) in [5.74, 6) is 0.288. The van der Waals surface area contributed by atoms with E-state index in [1.54, 1.807) is 30.3 Å². The molecule has 1 heterocycles. The van der Waals surface area contributed by atoms with Crippen molar-refractivity contribution in [3.05, 3.63) is 59.7 Å². The van der Waals surface area contributed by atoms with Gasteiger partial charge in [0.15, 0.2) is 0 Å². The molecule has 2 aromatic carbocycles. The van der Waals surface area contributed by atoms with Gasteiger partial charge in [-0.2, -0.15) is 0 Å². The summed E-state index contributed by atoms with van der Waals surface area (Å²) in [4.78, 5) is 17.3. The molecule has 0 aliphatic heterocycles. The molecule has 1 amide bonds. The van der Waals surface area contributed by atoms with E-state index >= 15 is 0 Å². The molecule has 1 unspecified atom stereocenters. The Morgan fingerprint density at radius 3 is 2.45 bits per heavy atom. The molecule has 3 aromatic rings. The van der Waals surface area contributed by atoms with E-state index in [0.29, 0.717) is 31.2 Å². The van der Waals surface area contributed by atoms with Gasteiger partial charge < -0.3 is 9.88 Å². The lowest BCUT2D eigenvalue weighted by Gasteiger charge is -2.29. The summed E-state index contributed by atoms with van der Waals surface area (Å²) in [6.07, 6.45) is 2.39. The number of nitrogens with zero attached hydrogens (tertiary/aromatic N) is 2. The molecule has 33 heavy (non-hydrogen) atoms. The number of carbonyl (C=O) groups excluding carboxylic acids is 1. The minimum atomic E-state index is -3.68. The van der Waals surface area contributed by atoms with Crippen LogP contribution in [0.1, 0.15) is 50.0 Å². The van der Waals surface area contributed by atoms with Crippen LogP contribution in [0.3, 0.4) is 0 Å². The van der Waals surface area contributed by atoms with Crippen LogP contribution in [0, 0.1) is 18.7 Å². The van der Waals surface area contributed by atoms with Crippen LogP contribution in [-0.2, 0) is 21.9 Å². The average molecular weight is 473 g/mol. The number of hydrogen-bond acceptors (Lipinski definition) is 4. The number of fused-ring (bicyclic) bond motifs is 1. The van der Waals surface area contributed by atoms with E-state index in [0.717, 1.165) is 16.9 Å². The van der Waals surface area contributed by atoms with E-state index < -0.39 is 10.0 Å². The summed E-state index contributed by atoms with van der Waals surface area (Å²) in [6.45, 7) is 3.74. The van der Waals surface area contributed by atoms with Crippen molar-refractivity contribution in [2.75, 3.05) is 0 Å². The number of sulfonamides is 1. The van der Waals surface area contributed by atoms with Gasteiger partial charge in [-0.1, -0.05) is 12.1 Å². The van der Waals surface area contributed by atoms with Crippen LogP contribution >= 0.6 is 0 Å². The van der Waals surface area contributed by atoms with Crippen LogP contribution in [0.5, 0.6) is 0 Å². The first-order valence-electron chi connectivity index (χ1n) is 11.2. The summed E-state index contributed by atoms with van der Waals surface area (Å²) in [6, 6.07) is 10.6. The summed E-state index contributed by atoms with van der Waals surface area (Å²) in [5.41, 5.74) is 2.37. The molecule has 0 spiro atoms. The van der Waals surface area contributed by atoms with Gasteiger partial charge in [-0.25, -0.2) is 22.5 Å². The normalized spacial score (nSPS) is 20.0. The smallest absolute Gasteiger partial charge is 0.240 e. The Morgan fingerprint density at radius 2 is 1.79 bits per heavy atom. The lowest BCUT2D eigenvalue weighted by Crippen LogP contribution is -2.41. The number of hydrogen-bond donors (Lipinski definition) is 2. The second-order valence-corrected chi connectivity index (χ2v) is 10.5. The van der Waals surface area contributed by atoms with Gasteiger partial charge in [0.25, 0.3) is 0 Å². The van der Waals surface area contributed by atoms with Gasteiger partial charge in [0.2, 0.25) is 15.9 Å². The van der Waals surface area contributed by atoms with E-state index in [9.17, 15) is 17.6 Å². The van der Waals surface area contributed by atoms with Crippen molar-refractivity contribution < 1.29 is 17.6 Å². The molecule has 1 atom stereocenters. The fourth-order valence-corrected chi connectivity index (χ4v) is 5.72. The molecule has 176 valence electrons. The Kier molecular flexibility index (Phi) is 6.54. The molecular formula is C24H29FN4O3S. The number of rotatable bonds is 6. The highest BCUT2D eigenvalue weighted by Crippen LogP contribution is 2.27. The third-order valence-electron chi connectivity index (χ3n) is 6.53. The highest BCUT2D eigenvalue weighted by Gasteiger charge is 2.30. The zero-order valence-electron chi connectivity index (χ0n) is 19.0. The number of halogens is 1. The predicted octanol–water partition coefficient (Wildman–Crippen LogP) is 3.74. The SMILES string of the molecule is Cc1nc2cc(S(=O)(=O)NC3CCC(C(=O)NC(C)c4ccc(F)cc4)CC3)ccc2n1C. The predicted molar refractivity (Wildman–Crippen MR) is 124 cm³/mol. The van der Waals surface area contributed by atoms with Gasteiger partial charge >= 0.3 is 0 Å². The molecule has 1 aromatic heterocycles. The molecule has 0 radical (unpaired) electrons. The number of carbonyl (C=O) groups is 1. The molecule has 2 N–H and O–H groups in total. The molecular weight excluding hydrogens is 443 g/mol. The molecule has 1 aliphatic carbocycles. The molecule has 0 saturated heterocycles. The van der Waals surface area contributed by atoms with Crippen LogP contribution in [0.4, 0.5) is 4.39 Å². The van der Waals surface area contributed by atoms with Gasteiger partial charge in [-0.15, -0.1) is 0 Å². The second-order valence-electron chi connectivity index (χ2n) is 8.82. The number of imidazole rings is 1. The first kappa shape index (κ1) is 23.4. The fraction of sp³-hybridized carbons (Fsp3) is 0.417. The van der Waals surface area contributed by atoms with Gasteiger partial charge in [-0.05, 0) is 75.4 Å². The quantitative estimate of drug-likeness (QED) is 0.572. The number of aryl methyl sites for hydroxylation is 2. The van der Waals surface area contributed by atoms with Gasteiger partial charge in [0, 0.05) is 19.0 Å². The van der Waals surface area contributed by atoms with Crippen LogP contribution in [-0.4, -0.2) is 29.9 Å². The maximum absolute atomic E-state index is 13.1. The number of benzene rings is 2. The topological polar surface area (TPSA) is 93.1 Å². The molecule has 1 aliphatic rings. The first-order valence-corrected chi connectivity index (χ1v) is 12.6. The molecule has 4 rings (SSSR count). The Morgan fingerprint density at radius 1 is 1.12 bits per heavy atom. The maximum atomic E-state index is 13.1. The van der Waals surface area contributed by atoms with Gasteiger partial charge in [0.1, 0.15) is 11.6 Å². The Hall–Kier alpha value is -2.78. The first-order chi connectivity index (χ1) is 15.6. The van der Waals surface area contributed by atoms with E-state index in [4.69, 9.17) is 0 Å². The third kappa shape index (κ3) is 5.09. The minimum Gasteiger partial charge on any atom is -0.349 e. The molecule has 1 saturated carbocycles. The summed E-state index contributed by atoms with van der Waals surface area (Å²) in [5, 5.41) is 2.99. The van der Waals surface area contributed by atoms with Crippen molar-refractivity contribution in [3.63, 3.8) is 0 Å². The second kappa shape index (κ2) is 9.23. The van der Waals surface area contributed by atoms with E-state index in [1.807, 2.05) is 25.5 Å². The van der Waals surface area contributed by atoms with Crippen molar-refractivity contribution in [1.82, 2.24) is 19.6 Å². The Bertz CT molecular complexity index is 1260. The maximum Gasteiger partial charge on any atom is 0.240 e. The lowest BCUT2D eigenvalue weighted by molar-refractivity contribution is -0.126. The van der Waals surface area contributed by atoms with Crippen molar-refractivity contribution in [1.29, 1.82) is 0 Å². The lowest BCUT2D eigenvalue weighted by atomic mass is 9.85. The van der Waals surface area contributed by atoms with Crippen molar-refractivity contribution in [2.24, 2.45) is 13.0 Å². The monoisotopic (exact) mass is 472 g/mol. The average Bonchev–Trinajstić information content (AvgIpc) is 3.07. The van der Waals surface area contributed by atoms with Gasteiger partial charge in [-0.3, -0.25) is 4.79 Å². The van der Waals surface area contributed by atoms with Crippen LogP contribution in [0.2, 0.25) is 0 Å². The number of aromatic nitrogens is 2. The summed E-state index contributed by atoms with van der Waals surface area (Å²) in [7, 11) is -1.79. The molecule has 0 bridgehead atoms. The number of nitrogens with one attached hydrogen (secondary N) is 2. The summed E-state index contributed by atoms with van der Waals surface area (Å²) < 4.78 is 43.7. The molecule has 7 nitrogen and oxygen atoms in total. The third-order valence-corrected chi connectivity index (χ3v) is 8.05. The van der Waals surface area contributed by atoms with Crippen LogP contribution in [0.15, 0.2) is 47.4 Å². The van der Waals surface area contributed by atoms with Crippen molar-refractivity contribution in [2.45, 2.75) is 56.5 Å². The summed E-state index contributed by atoms with van der Waals surface area (Å²) >= 11 is 0. The standard InChI is InChI=1S/C24H29FN4O3S/c1-15(17-4-8-19(25)9-5-17)26-24(30)18-6-10-20(11-7-18)28-33(31,32)21-12-13-23-22(14-21)27-16(2)29(23)3/h4-5,8-9,12-15,18,20,28H,6-7,10-11H2,1-3H3,(H,26,30). The number of amides is 1. The van der Waals surface area contributed by atoms with E-state index in [2.05, 4.69) is 15.0 Å². The highest BCUT2D eigenvalue weighted by molar-refractivity contribution is 7.89. The zero-order valence-corrected chi connectivity index (χ0v) is 19.8. The van der Waals surface area contributed by atoms with E-state index in [1.165, 1.54) is 12.1 Å². The van der Waals surface area contributed by atoms with Crippen molar-refractivity contribution >= 4 is 27.0 Å². The van der Waals surface area contributed by atoms with Gasteiger partial charge in [0.05, 0.1) is 22.0 Å². The molecule has 9 heteroatoms. The van der Waals surface area contributed by atoms with E-state index in [-0.39, 0.29) is 34.6 Å². The molecule has 1 fully saturated rings. The fourth-order valence-electron chi connectivity index (χ4n) is 4.39. The van der Waals surface area contributed by atoms with Crippen molar-refractivity contribution in [3.8, 4) is 0 Å².